The van der Waals surface area contributed by atoms with E-state index in [0.29, 0.717) is 25.7 Å². The Morgan fingerprint density at radius 3 is 1.86 bits per heavy atom. The molecule has 0 spiro atoms. The van der Waals surface area contributed by atoms with E-state index in [1.54, 1.807) is 0 Å². The predicted molar refractivity (Wildman–Crippen MR) is 204 cm³/mol. The number of rotatable bonds is 7. The smallest absolute Gasteiger partial charge is 0.335 e. The van der Waals surface area contributed by atoms with Crippen LogP contribution < -0.4 is 6.15 Å². The lowest BCUT2D eigenvalue weighted by Gasteiger charge is -2.70. The van der Waals surface area contributed by atoms with E-state index < -0.39 is 107 Å². The maximum atomic E-state index is 14.8. The lowest BCUT2D eigenvalue weighted by molar-refractivity contribution is -0.371. The Balaban J connectivity index is 0.00000585. The van der Waals surface area contributed by atoms with Gasteiger partial charge in [-0.3, -0.25) is 9.59 Å². The number of aliphatic carboxylic acids is 3. The number of fused-ring (bicyclic) bond motifs is 7. The first-order chi connectivity index (χ1) is 26.8. The first-order valence-electron chi connectivity index (χ1n) is 20.7. The van der Waals surface area contributed by atoms with Crippen molar-refractivity contribution >= 4 is 23.7 Å². The van der Waals surface area contributed by atoms with Gasteiger partial charge in [-0.25, -0.2) is 9.59 Å². The van der Waals surface area contributed by atoms with Crippen molar-refractivity contribution in [1.82, 2.24) is 6.15 Å². The van der Waals surface area contributed by atoms with Crippen LogP contribution in [-0.2, 0) is 38.1 Å². The average molecular weight is 840 g/mol. The number of carbonyl (C=O) groups is 4. The molecule has 19 atom stereocenters. The molecular formula is C42H65NO16. The second-order valence-electron chi connectivity index (χ2n) is 20.6. The number of ether oxygens (including phenoxy) is 4. The molecule has 0 aromatic heterocycles. The molecule has 11 N–H and O–H groups in total. The van der Waals surface area contributed by atoms with E-state index in [1.165, 1.54) is 0 Å². The van der Waals surface area contributed by atoms with Crippen molar-refractivity contribution < 1.29 is 79.0 Å². The molecule has 1 unspecified atom stereocenters. The lowest BCUT2D eigenvalue weighted by Crippen LogP contribution is -2.68. The Morgan fingerprint density at radius 2 is 1.27 bits per heavy atom. The molecule has 334 valence electrons. The maximum Gasteiger partial charge on any atom is 0.335 e. The largest absolute Gasteiger partial charge is 0.481 e. The van der Waals surface area contributed by atoms with Crippen molar-refractivity contribution in [3.8, 4) is 0 Å². The highest BCUT2D eigenvalue weighted by Gasteiger charge is 2.71. The number of aliphatic hydroxyl groups is 5. The van der Waals surface area contributed by atoms with E-state index in [2.05, 4.69) is 27.7 Å². The normalized spacial score (nSPS) is 51.7. The van der Waals surface area contributed by atoms with Crippen molar-refractivity contribution in [2.24, 2.45) is 50.2 Å². The van der Waals surface area contributed by atoms with Crippen molar-refractivity contribution in [3.63, 3.8) is 0 Å². The quantitative estimate of drug-likeness (QED) is 0.166. The van der Waals surface area contributed by atoms with Gasteiger partial charge in [0.25, 0.3) is 0 Å². The van der Waals surface area contributed by atoms with Gasteiger partial charge in [-0.15, -0.1) is 0 Å². The highest BCUT2D eigenvalue weighted by molar-refractivity contribution is 5.95. The van der Waals surface area contributed by atoms with Gasteiger partial charge in [0, 0.05) is 5.92 Å². The third kappa shape index (κ3) is 6.72. The van der Waals surface area contributed by atoms with Crippen LogP contribution in [0.4, 0.5) is 0 Å². The van der Waals surface area contributed by atoms with E-state index in [4.69, 9.17) is 18.9 Å². The third-order valence-corrected chi connectivity index (χ3v) is 17.2. The fourth-order valence-corrected chi connectivity index (χ4v) is 13.4. The van der Waals surface area contributed by atoms with Crippen molar-refractivity contribution in [1.29, 1.82) is 0 Å². The summed E-state index contributed by atoms with van der Waals surface area (Å²) in [6.45, 7) is 14.8. The molecular weight excluding hydrogens is 774 g/mol. The zero-order valence-electron chi connectivity index (χ0n) is 35.1. The Kier molecular flexibility index (Phi) is 11.7. The topological polar surface area (TPSA) is 302 Å². The Bertz CT molecular complexity index is 1740. The summed E-state index contributed by atoms with van der Waals surface area (Å²) in [6.07, 6.45) is -12.2. The second-order valence-corrected chi connectivity index (χ2v) is 20.6. The van der Waals surface area contributed by atoms with Crippen LogP contribution in [0.5, 0.6) is 0 Å². The van der Waals surface area contributed by atoms with Crippen molar-refractivity contribution in [3.05, 3.63) is 11.6 Å². The molecule has 4 saturated carbocycles. The number of carboxylic acids is 3. The van der Waals surface area contributed by atoms with Gasteiger partial charge in [0.1, 0.15) is 36.6 Å². The Hall–Kier alpha value is -2.58. The monoisotopic (exact) mass is 839 g/mol. The molecule has 17 heteroatoms. The molecule has 2 heterocycles. The van der Waals surface area contributed by atoms with Crippen LogP contribution in [0.3, 0.4) is 0 Å². The molecule has 59 heavy (non-hydrogen) atoms. The van der Waals surface area contributed by atoms with E-state index in [9.17, 15) is 60.0 Å². The van der Waals surface area contributed by atoms with Gasteiger partial charge in [0.15, 0.2) is 30.6 Å². The summed E-state index contributed by atoms with van der Waals surface area (Å²) in [7, 11) is 0. The summed E-state index contributed by atoms with van der Waals surface area (Å²) in [5.41, 5.74) is -1.81. The average Bonchev–Trinajstić information content (AvgIpc) is 3.13. The van der Waals surface area contributed by atoms with Crippen LogP contribution in [-0.4, -0.2) is 132 Å². The Morgan fingerprint density at radius 1 is 0.695 bits per heavy atom. The van der Waals surface area contributed by atoms with Crippen molar-refractivity contribution in [2.45, 2.75) is 174 Å². The summed E-state index contributed by atoms with van der Waals surface area (Å²) in [4.78, 5) is 51.3. The second kappa shape index (κ2) is 15.1. The van der Waals surface area contributed by atoms with Crippen LogP contribution in [0.1, 0.15) is 106 Å². The molecule has 17 nitrogen and oxygen atoms in total. The minimum absolute atomic E-state index is 0. The molecule has 0 aromatic carbocycles. The number of hydrogen-bond donors (Lipinski definition) is 9. The highest BCUT2D eigenvalue weighted by Crippen LogP contribution is 2.75. The number of hydrogen-bond acceptors (Lipinski definition) is 14. The molecule has 2 aliphatic heterocycles. The van der Waals surface area contributed by atoms with Crippen LogP contribution >= 0.6 is 0 Å². The lowest BCUT2D eigenvalue weighted by atomic mass is 9.33. The van der Waals surface area contributed by atoms with Gasteiger partial charge >= 0.3 is 17.9 Å². The highest BCUT2D eigenvalue weighted by atomic mass is 16.8. The van der Waals surface area contributed by atoms with Crippen LogP contribution in [0.15, 0.2) is 11.6 Å². The SMILES string of the molecule is CC1(C)C(O[C@H]2O[C@H](C(=O)O)[C@@H](O)[C@H](O)[C@H]2O[C@@H]2O[C@H](C(=O)O)[C@@H](O)[C@H](O)[C@H]2O)CC[C@]2(C)[C@H]3C(=O)C=C4[C@@H]5C[C@@](C)(C(=O)O)CC[C@]5(C)CC[C@@]4(C)[C@]3(C)CC[C@@H]12.N. The van der Waals surface area contributed by atoms with Gasteiger partial charge in [-0.1, -0.05) is 47.1 Å². The van der Waals surface area contributed by atoms with E-state index in [-0.39, 0.29) is 40.5 Å². The molecule has 7 aliphatic rings. The molecule has 7 rings (SSSR count). The molecule has 0 bridgehead atoms. The number of carboxylic acid groups (broad SMARTS) is 3. The maximum absolute atomic E-state index is 14.8. The number of ketones is 1. The molecule has 0 aromatic rings. The fourth-order valence-electron chi connectivity index (χ4n) is 13.4. The third-order valence-electron chi connectivity index (χ3n) is 17.2. The minimum Gasteiger partial charge on any atom is -0.481 e. The van der Waals surface area contributed by atoms with E-state index in [0.717, 1.165) is 37.7 Å². The zero-order valence-corrected chi connectivity index (χ0v) is 35.1. The minimum atomic E-state index is -2.05. The standard InChI is InChI=1S/C42H62O16.H3N/c1-37(2)21-8-11-42(7)31(20(43)16-18-19-17-39(4,36(53)54)13-12-38(19,3)14-15-41(18,42)6)40(21,5)10-9-22(37)55-35-30(26(47)25(46)29(57-35)33(51)52)58-34-27(48)23(44)24(45)28(56-34)32(49)50;/h16,19,21-31,34-35,44-48H,8-15,17H2,1-7H3,(H,49,50)(H,51,52)(H,53,54);1H3/t19-,21-,22?,23-,24-,25-,26-,27+,28-,29-,30+,31+,34-,35-,38+,39-,40-,41+,42+;/m0./s1. The summed E-state index contributed by atoms with van der Waals surface area (Å²) >= 11 is 0. The number of aliphatic hydroxyl groups excluding tert-OH is 5. The van der Waals surface area contributed by atoms with Gasteiger partial charge in [0.05, 0.1) is 11.5 Å². The van der Waals surface area contributed by atoms with Gasteiger partial charge in [0.2, 0.25) is 0 Å². The predicted octanol–water partition coefficient (Wildman–Crippen LogP) is 2.41. The molecule has 2 saturated heterocycles. The van der Waals surface area contributed by atoms with Gasteiger partial charge in [-0.2, -0.15) is 0 Å². The Labute approximate surface area is 344 Å². The van der Waals surface area contributed by atoms with Crippen molar-refractivity contribution in [2.75, 3.05) is 0 Å². The summed E-state index contributed by atoms with van der Waals surface area (Å²) in [5.74, 6) is -4.47. The molecule has 6 fully saturated rings. The molecule has 0 radical (unpaired) electrons. The summed E-state index contributed by atoms with van der Waals surface area (Å²) in [5, 5.41) is 83.0. The first-order valence-corrected chi connectivity index (χ1v) is 20.7. The summed E-state index contributed by atoms with van der Waals surface area (Å²) < 4.78 is 23.4. The van der Waals surface area contributed by atoms with E-state index >= 15 is 0 Å². The summed E-state index contributed by atoms with van der Waals surface area (Å²) in [6, 6.07) is 0. The van der Waals surface area contributed by atoms with Gasteiger partial charge < -0.3 is 66.0 Å². The van der Waals surface area contributed by atoms with Gasteiger partial charge in [-0.05, 0) is 110 Å². The number of allylic oxidation sites excluding steroid dienone is 2. The number of carbonyl (C=O) groups excluding carboxylic acids is 1. The molecule has 5 aliphatic carbocycles. The zero-order chi connectivity index (χ0) is 42.9. The van der Waals surface area contributed by atoms with Crippen LogP contribution in [0.25, 0.3) is 0 Å². The van der Waals surface area contributed by atoms with E-state index in [1.807, 2.05) is 26.8 Å². The van der Waals surface area contributed by atoms with Crippen LogP contribution in [0, 0.1) is 50.2 Å². The fraction of sp³-hybridized carbons (Fsp3) is 0.857. The van der Waals surface area contributed by atoms with Crippen LogP contribution in [0.2, 0.25) is 0 Å². The first kappa shape index (κ1) is 45.9. The molecule has 0 amide bonds.